The summed E-state index contributed by atoms with van der Waals surface area (Å²) in [5, 5.41) is 12.1. The first-order chi connectivity index (χ1) is 8.20. The molecule has 1 aliphatic rings. The Kier molecular flexibility index (Phi) is 3.34. The molecule has 6 heteroatoms. The normalized spacial score (nSPS) is 17.9. The molecule has 90 valence electrons. The number of carboxylic acids is 1. The van der Waals surface area contributed by atoms with E-state index in [1.807, 2.05) is 0 Å². The molecule has 17 heavy (non-hydrogen) atoms. The van der Waals surface area contributed by atoms with E-state index in [9.17, 15) is 14.7 Å². The van der Waals surface area contributed by atoms with Gasteiger partial charge >= 0.3 is 5.97 Å². The molecule has 1 atom stereocenters. The second-order valence-corrected chi connectivity index (χ2v) is 3.76. The van der Waals surface area contributed by atoms with Gasteiger partial charge in [0, 0.05) is 19.3 Å². The first kappa shape index (κ1) is 11.5. The maximum Gasteiger partial charge on any atom is 0.332 e. The number of carbonyl (C=O) groups is 2. The first-order valence-corrected chi connectivity index (χ1v) is 5.34. The summed E-state index contributed by atoms with van der Waals surface area (Å²) in [6, 6.07) is 4.05. The largest absolute Gasteiger partial charge is 0.479 e. The second kappa shape index (κ2) is 4.92. The fourth-order valence-corrected chi connectivity index (χ4v) is 1.85. The minimum Gasteiger partial charge on any atom is -0.479 e. The van der Waals surface area contributed by atoms with Crippen molar-refractivity contribution in [2.45, 2.75) is 6.04 Å². The average molecular weight is 235 g/mol. The summed E-state index contributed by atoms with van der Waals surface area (Å²) in [5.41, 5.74) is 0.384. The van der Waals surface area contributed by atoms with Gasteiger partial charge in [-0.15, -0.1) is 0 Å². The predicted molar refractivity (Wildman–Crippen MR) is 59.2 cm³/mol. The Balaban J connectivity index is 2.29. The van der Waals surface area contributed by atoms with Gasteiger partial charge in [-0.2, -0.15) is 0 Å². The van der Waals surface area contributed by atoms with E-state index in [-0.39, 0.29) is 12.5 Å². The zero-order chi connectivity index (χ0) is 12.3. The van der Waals surface area contributed by atoms with Crippen LogP contribution in [0.25, 0.3) is 0 Å². The summed E-state index contributed by atoms with van der Waals surface area (Å²) in [6.45, 7) is 1.16. The fraction of sp³-hybridized carbons (Fsp3) is 0.364. The predicted octanol–water partition coefficient (Wildman–Crippen LogP) is -0.361. The molecule has 0 spiro atoms. The summed E-state index contributed by atoms with van der Waals surface area (Å²) >= 11 is 0. The van der Waals surface area contributed by atoms with Crippen molar-refractivity contribution < 1.29 is 14.7 Å². The van der Waals surface area contributed by atoms with Crippen LogP contribution in [0.15, 0.2) is 24.4 Å². The fourth-order valence-electron chi connectivity index (χ4n) is 1.85. The molecule has 2 N–H and O–H groups in total. The molecule has 1 amide bonds. The number of nitrogens with zero attached hydrogens (tertiary/aromatic N) is 2. The Morgan fingerprint density at radius 2 is 2.35 bits per heavy atom. The number of piperazine rings is 1. The van der Waals surface area contributed by atoms with Gasteiger partial charge in [-0.3, -0.25) is 9.78 Å². The highest BCUT2D eigenvalue weighted by atomic mass is 16.4. The molecule has 6 nitrogen and oxygen atoms in total. The van der Waals surface area contributed by atoms with E-state index in [1.54, 1.807) is 18.2 Å². The van der Waals surface area contributed by atoms with Crippen molar-refractivity contribution in [3.05, 3.63) is 30.1 Å². The lowest BCUT2D eigenvalue weighted by molar-refractivity contribution is -0.151. The van der Waals surface area contributed by atoms with Crippen LogP contribution >= 0.6 is 0 Å². The number of hydrogen-bond acceptors (Lipinski definition) is 4. The molecule has 1 aliphatic heterocycles. The summed E-state index contributed by atoms with van der Waals surface area (Å²) in [6.07, 6.45) is 1.53. The molecular weight excluding hydrogens is 222 g/mol. The van der Waals surface area contributed by atoms with E-state index >= 15 is 0 Å². The SMILES string of the molecule is O=C(O)C(c1ccccn1)N1CCNCC1=O. The highest BCUT2D eigenvalue weighted by molar-refractivity contribution is 5.85. The third-order valence-electron chi connectivity index (χ3n) is 2.64. The maximum atomic E-state index is 11.7. The molecule has 0 saturated carbocycles. The Morgan fingerprint density at radius 1 is 1.53 bits per heavy atom. The van der Waals surface area contributed by atoms with Crippen LogP contribution in [-0.4, -0.2) is 46.5 Å². The van der Waals surface area contributed by atoms with Crippen LogP contribution in [0, 0.1) is 0 Å². The van der Waals surface area contributed by atoms with Crippen LogP contribution in [0.5, 0.6) is 0 Å². The number of aliphatic carboxylic acids is 1. The third kappa shape index (κ3) is 2.42. The van der Waals surface area contributed by atoms with E-state index < -0.39 is 12.0 Å². The Labute approximate surface area is 98.3 Å². The molecule has 0 bridgehead atoms. The monoisotopic (exact) mass is 235 g/mol. The molecule has 2 rings (SSSR count). The number of rotatable bonds is 3. The van der Waals surface area contributed by atoms with Gasteiger partial charge in [0.05, 0.1) is 12.2 Å². The van der Waals surface area contributed by atoms with Crippen LogP contribution in [0.1, 0.15) is 11.7 Å². The van der Waals surface area contributed by atoms with Gasteiger partial charge in [0.1, 0.15) is 0 Å². The van der Waals surface area contributed by atoms with Gasteiger partial charge in [0.15, 0.2) is 6.04 Å². The van der Waals surface area contributed by atoms with E-state index in [4.69, 9.17) is 0 Å². The minimum atomic E-state index is -1.06. The molecule has 1 fully saturated rings. The summed E-state index contributed by atoms with van der Waals surface area (Å²) < 4.78 is 0. The number of amides is 1. The van der Waals surface area contributed by atoms with Gasteiger partial charge in [0.2, 0.25) is 5.91 Å². The number of carbonyl (C=O) groups excluding carboxylic acids is 1. The average Bonchev–Trinajstić information content (AvgIpc) is 2.33. The van der Waals surface area contributed by atoms with Crippen LogP contribution < -0.4 is 5.32 Å². The van der Waals surface area contributed by atoms with Gasteiger partial charge in [-0.25, -0.2) is 4.79 Å². The van der Waals surface area contributed by atoms with Crippen molar-refractivity contribution in [1.29, 1.82) is 0 Å². The lowest BCUT2D eigenvalue weighted by atomic mass is 10.1. The van der Waals surface area contributed by atoms with Gasteiger partial charge in [-0.05, 0) is 12.1 Å². The van der Waals surface area contributed by atoms with Crippen molar-refractivity contribution in [3.63, 3.8) is 0 Å². The Bertz CT molecular complexity index is 421. The Hall–Kier alpha value is -1.95. The summed E-state index contributed by atoms with van der Waals surface area (Å²) in [4.78, 5) is 28.3. The van der Waals surface area contributed by atoms with Crippen molar-refractivity contribution in [3.8, 4) is 0 Å². The van der Waals surface area contributed by atoms with Gasteiger partial charge < -0.3 is 15.3 Å². The molecule has 1 unspecified atom stereocenters. The van der Waals surface area contributed by atoms with Crippen molar-refractivity contribution in [1.82, 2.24) is 15.2 Å². The third-order valence-corrected chi connectivity index (χ3v) is 2.64. The minimum absolute atomic E-state index is 0.177. The number of hydrogen-bond donors (Lipinski definition) is 2. The van der Waals surface area contributed by atoms with E-state index in [0.717, 1.165) is 0 Å². The summed E-state index contributed by atoms with van der Waals surface area (Å²) in [5.74, 6) is -1.27. The lowest BCUT2D eigenvalue weighted by Gasteiger charge is -2.32. The van der Waals surface area contributed by atoms with Crippen molar-refractivity contribution >= 4 is 11.9 Å². The summed E-state index contributed by atoms with van der Waals surface area (Å²) in [7, 11) is 0. The number of carboxylic acid groups (broad SMARTS) is 1. The number of pyridine rings is 1. The highest BCUT2D eigenvalue weighted by Crippen LogP contribution is 2.19. The van der Waals surface area contributed by atoms with Gasteiger partial charge in [0.25, 0.3) is 0 Å². The van der Waals surface area contributed by atoms with Crippen LogP contribution in [-0.2, 0) is 9.59 Å². The highest BCUT2D eigenvalue weighted by Gasteiger charge is 2.33. The molecule has 1 aromatic rings. The maximum absolute atomic E-state index is 11.7. The van der Waals surface area contributed by atoms with Crippen LogP contribution in [0.2, 0.25) is 0 Å². The van der Waals surface area contributed by atoms with Crippen LogP contribution in [0.3, 0.4) is 0 Å². The van der Waals surface area contributed by atoms with E-state index in [2.05, 4.69) is 10.3 Å². The molecule has 0 aliphatic carbocycles. The molecule has 1 saturated heterocycles. The Morgan fingerprint density at radius 3 is 2.94 bits per heavy atom. The number of aromatic nitrogens is 1. The molecule has 0 aromatic carbocycles. The molecule has 0 radical (unpaired) electrons. The van der Waals surface area contributed by atoms with Crippen molar-refractivity contribution in [2.75, 3.05) is 19.6 Å². The quantitative estimate of drug-likeness (QED) is 0.747. The lowest BCUT2D eigenvalue weighted by Crippen LogP contribution is -2.51. The van der Waals surface area contributed by atoms with E-state index in [0.29, 0.717) is 18.8 Å². The topological polar surface area (TPSA) is 82.5 Å². The zero-order valence-corrected chi connectivity index (χ0v) is 9.17. The van der Waals surface area contributed by atoms with Crippen molar-refractivity contribution in [2.24, 2.45) is 0 Å². The second-order valence-electron chi connectivity index (χ2n) is 3.76. The molecular formula is C11H13N3O3. The molecule has 1 aromatic heterocycles. The van der Waals surface area contributed by atoms with Gasteiger partial charge in [-0.1, -0.05) is 6.07 Å². The first-order valence-electron chi connectivity index (χ1n) is 5.34. The standard InChI is InChI=1S/C11H13N3O3/c15-9-7-12-5-6-14(9)10(11(16)17)8-3-1-2-4-13-8/h1-4,10,12H,5-7H2,(H,16,17). The van der Waals surface area contributed by atoms with E-state index in [1.165, 1.54) is 11.1 Å². The zero-order valence-electron chi connectivity index (χ0n) is 9.17. The smallest absolute Gasteiger partial charge is 0.332 e. The molecule has 2 heterocycles. The van der Waals surface area contributed by atoms with Crippen LogP contribution in [0.4, 0.5) is 0 Å². The number of nitrogens with one attached hydrogen (secondary N) is 1.